The van der Waals surface area contributed by atoms with Crippen LogP contribution >= 0.6 is 0 Å². The molecule has 1 aliphatic heterocycles. The lowest BCUT2D eigenvalue weighted by molar-refractivity contribution is -0.00138. The molecule has 0 bridgehead atoms. The van der Waals surface area contributed by atoms with Crippen molar-refractivity contribution in [1.82, 2.24) is 4.90 Å². The highest BCUT2D eigenvalue weighted by Crippen LogP contribution is 2.23. The van der Waals surface area contributed by atoms with Gasteiger partial charge in [0, 0.05) is 18.5 Å². The number of carbonyl (C=O) groups excluding carboxylic acids is 1. The molecule has 2 amide bonds. The van der Waals surface area contributed by atoms with Crippen LogP contribution in [-0.4, -0.2) is 36.7 Å². The number of hydrogen-bond acceptors (Lipinski definition) is 2. The highest BCUT2D eigenvalue weighted by atomic mass is 16.5. The van der Waals surface area contributed by atoms with Crippen LogP contribution in [0.3, 0.4) is 0 Å². The quantitative estimate of drug-likeness (QED) is 0.865. The molecule has 0 aromatic heterocycles. The summed E-state index contributed by atoms with van der Waals surface area (Å²) in [7, 11) is 0. The first-order chi connectivity index (χ1) is 9.74. The molecule has 1 atom stereocenters. The number of fused-ring (bicyclic) bond motifs is 1. The standard InChI is InChI=1S/C16H18N2O2/c1-12-11-18(9-10-20-12)16(19)17-15-8-4-6-13-5-2-3-7-14(13)15/h2-8,12H,9-11H2,1H3,(H,17,19). The van der Waals surface area contributed by atoms with Crippen LogP contribution < -0.4 is 5.32 Å². The Hall–Kier alpha value is -2.07. The number of anilines is 1. The summed E-state index contributed by atoms with van der Waals surface area (Å²) in [6, 6.07) is 13.9. The maximum Gasteiger partial charge on any atom is 0.322 e. The van der Waals surface area contributed by atoms with Crippen molar-refractivity contribution in [2.75, 3.05) is 25.0 Å². The Morgan fingerprint density at radius 1 is 1.25 bits per heavy atom. The van der Waals surface area contributed by atoms with Gasteiger partial charge in [-0.2, -0.15) is 0 Å². The smallest absolute Gasteiger partial charge is 0.322 e. The number of benzene rings is 2. The summed E-state index contributed by atoms with van der Waals surface area (Å²) in [5.41, 5.74) is 0.854. The lowest BCUT2D eigenvalue weighted by Gasteiger charge is -2.31. The number of ether oxygens (including phenoxy) is 1. The van der Waals surface area contributed by atoms with Crippen molar-refractivity contribution in [2.45, 2.75) is 13.0 Å². The molecule has 1 aliphatic rings. The molecule has 0 spiro atoms. The summed E-state index contributed by atoms with van der Waals surface area (Å²) in [4.78, 5) is 14.1. The molecule has 4 heteroatoms. The average Bonchev–Trinajstić information content (AvgIpc) is 2.47. The SMILES string of the molecule is CC1CN(C(=O)Nc2cccc3ccccc23)CCO1. The lowest BCUT2D eigenvalue weighted by Crippen LogP contribution is -2.46. The molecule has 1 heterocycles. The predicted molar refractivity (Wildman–Crippen MR) is 80.0 cm³/mol. The highest BCUT2D eigenvalue weighted by molar-refractivity contribution is 6.01. The van der Waals surface area contributed by atoms with E-state index in [-0.39, 0.29) is 12.1 Å². The van der Waals surface area contributed by atoms with Gasteiger partial charge in [0.15, 0.2) is 0 Å². The third kappa shape index (κ3) is 2.60. The first kappa shape index (κ1) is 12.9. The second-order valence-electron chi connectivity index (χ2n) is 5.08. The van der Waals surface area contributed by atoms with E-state index in [9.17, 15) is 4.79 Å². The minimum Gasteiger partial charge on any atom is -0.375 e. The van der Waals surface area contributed by atoms with E-state index in [4.69, 9.17) is 4.74 Å². The second-order valence-corrected chi connectivity index (χ2v) is 5.08. The zero-order valence-corrected chi connectivity index (χ0v) is 11.5. The van der Waals surface area contributed by atoms with Crippen LogP contribution in [0.4, 0.5) is 10.5 Å². The number of nitrogens with one attached hydrogen (secondary N) is 1. The van der Waals surface area contributed by atoms with E-state index in [0.29, 0.717) is 19.7 Å². The summed E-state index contributed by atoms with van der Waals surface area (Å²) in [6.07, 6.45) is 0.0991. The first-order valence-electron chi connectivity index (χ1n) is 6.89. The van der Waals surface area contributed by atoms with E-state index in [1.165, 1.54) is 0 Å². The number of carbonyl (C=O) groups is 1. The van der Waals surface area contributed by atoms with Crippen molar-refractivity contribution in [1.29, 1.82) is 0 Å². The van der Waals surface area contributed by atoms with Gasteiger partial charge >= 0.3 is 6.03 Å². The third-order valence-electron chi connectivity index (χ3n) is 3.56. The molecule has 1 saturated heterocycles. The van der Waals surface area contributed by atoms with Gasteiger partial charge in [0.25, 0.3) is 0 Å². The highest BCUT2D eigenvalue weighted by Gasteiger charge is 2.21. The number of rotatable bonds is 1. The summed E-state index contributed by atoms with van der Waals surface area (Å²) >= 11 is 0. The molecular weight excluding hydrogens is 252 g/mol. The lowest BCUT2D eigenvalue weighted by atomic mass is 10.1. The molecule has 1 N–H and O–H groups in total. The molecular formula is C16H18N2O2. The van der Waals surface area contributed by atoms with Gasteiger partial charge in [-0.05, 0) is 18.4 Å². The van der Waals surface area contributed by atoms with E-state index in [1.807, 2.05) is 49.4 Å². The van der Waals surface area contributed by atoms with Crippen molar-refractivity contribution in [3.63, 3.8) is 0 Å². The number of amides is 2. The summed E-state index contributed by atoms with van der Waals surface area (Å²) in [5, 5.41) is 5.19. The molecule has 20 heavy (non-hydrogen) atoms. The monoisotopic (exact) mass is 270 g/mol. The maximum atomic E-state index is 12.3. The van der Waals surface area contributed by atoms with Gasteiger partial charge in [0.2, 0.25) is 0 Å². The molecule has 0 saturated carbocycles. The number of morpholine rings is 1. The molecule has 0 aliphatic carbocycles. The molecule has 1 fully saturated rings. The van der Waals surface area contributed by atoms with Gasteiger partial charge in [0.1, 0.15) is 0 Å². The van der Waals surface area contributed by atoms with Crippen molar-refractivity contribution in [2.24, 2.45) is 0 Å². The zero-order valence-electron chi connectivity index (χ0n) is 11.5. The van der Waals surface area contributed by atoms with Crippen LogP contribution in [0.25, 0.3) is 10.8 Å². The Labute approximate surface area is 118 Å². The molecule has 0 radical (unpaired) electrons. The number of urea groups is 1. The van der Waals surface area contributed by atoms with Crippen molar-refractivity contribution < 1.29 is 9.53 Å². The molecule has 3 rings (SSSR count). The number of nitrogens with zero attached hydrogens (tertiary/aromatic N) is 1. The fourth-order valence-electron chi connectivity index (χ4n) is 2.53. The van der Waals surface area contributed by atoms with Gasteiger partial charge < -0.3 is 15.0 Å². The predicted octanol–water partition coefficient (Wildman–Crippen LogP) is 3.09. The van der Waals surface area contributed by atoms with E-state index < -0.39 is 0 Å². The molecule has 104 valence electrons. The second kappa shape index (κ2) is 5.51. The number of hydrogen-bond donors (Lipinski definition) is 1. The Morgan fingerprint density at radius 2 is 2.05 bits per heavy atom. The minimum absolute atomic E-state index is 0.0588. The van der Waals surface area contributed by atoms with Gasteiger partial charge in [-0.1, -0.05) is 36.4 Å². The van der Waals surface area contributed by atoms with Crippen LogP contribution in [0.2, 0.25) is 0 Å². The molecule has 1 unspecified atom stereocenters. The van der Waals surface area contributed by atoms with Gasteiger partial charge in [-0.15, -0.1) is 0 Å². The maximum absolute atomic E-state index is 12.3. The van der Waals surface area contributed by atoms with E-state index in [1.54, 1.807) is 4.90 Å². The van der Waals surface area contributed by atoms with Crippen molar-refractivity contribution in [3.8, 4) is 0 Å². The first-order valence-corrected chi connectivity index (χ1v) is 6.89. The topological polar surface area (TPSA) is 41.6 Å². The van der Waals surface area contributed by atoms with Gasteiger partial charge in [-0.3, -0.25) is 0 Å². The molecule has 2 aromatic rings. The normalized spacial score (nSPS) is 19.1. The molecule has 4 nitrogen and oxygen atoms in total. The van der Waals surface area contributed by atoms with Crippen molar-refractivity contribution in [3.05, 3.63) is 42.5 Å². The fraction of sp³-hybridized carbons (Fsp3) is 0.312. The summed E-state index contributed by atoms with van der Waals surface area (Å²) in [6.45, 7) is 3.86. The van der Waals surface area contributed by atoms with Crippen LogP contribution in [-0.2, 0) is 4.74 Å². The average molecular weight is 270 g/mol. The Kier molecular flexibility index (Phi) is 3.56. The van der Waals surface area contributed by atoms with E-state index >= 15 is 0 Å². The Morgan fingerprint density at radius 3 is 2.90 bits per heavy atom. The summed E-state index contributed by atoms with van der Waals surface area (Å²) < 4.78 is 5.46. The Bertz CT molecular complexity index is 621. The third-order valence-corrected chi connectivity index (χ3v) is 3.56. The molecule has 2 aromatic carbocycles. The zero-order chi connectivity index (χ0) is 13.9. The fourth-order valence-corrected chi connectivity index (χ4v) is 2.53. The summed E-state index contributed by atoms with van der Waals surface area (Å²) in [5.74, 6) is 0. The largest absolute Gasteiger partial charge is 0.375 e. The van der Waals surface area contributed by atoms with Gasteiger partial charge in [0.05, 0.1) is 18.4 Å². The van der Waals surface area contributed by atoms with Crippen LogP contribution in [0.15, 0.2) is 42.5 Å². The van der Waals surface area contributed by atoms with Gasteiger partial charge in [-0.25, -0.2) is 4.79 Å². The van der Waals surface area contributed by atoms with E-state index in [2.05, 4.69) is 5.32 Å². The van der Waals surface area contributed by atoms with E-state index in [0.717, 1.165) is 16.5 Å². The van der Waals surface area contributed by atoms with Crippen molar-refractivity contribution >= 4 is 22.5 Å². The van der Waals surface area contributed by atoms with Crippen LogP contribution in [0.5, 0.6) is 0 Å². The minimum atomic E-state index is -0.0588. The Balaban J connectivity index is 1.80. The van der Waals surface area contributed by atoms with Crippen LogP contribution in [0, 0.1) is 0 Å². The van der Waals surface area contributed by atoms with Crippen LogP contribution in [0.1, 0.15) is 6.92 Å².